The zero-order valence-corrected chi connectivity index (χ0v) is 18.1. The quantitative estimate of drug-likeness (QED) is 0.620. The van der Waals surface area contributed by atoms with Gasteiger partial charge in [-0.3, -0.25) is 9.78 Å². The van der Waals surface area contributed by atoms with Crippen LogP contribution >= 0.6 is 0 Å². The highest BCUT2D eigenvalue weighted by Gasteiger charge is 2.32. The molecule has 168 valence electrons. The molecule has 0 unspecified atom stereocenters. The molecule has 0 radical (unpaired) electrons. The van der Waals surface area contributed by atoms with Crippen molar-refractivity contribution in [3.05, 3.63) is 42.0 Å². The molecule has 0 aliphatic carbocycles. The van der Waals surface area contributed by atoms with Crippen LogP contribution in [0.15, 0.2) is 39.8 Å². The van der Waals surface area contributed by atoms with E-state index in [1.807, 2.05) is 0 Å². The number of benzene rings is 1. The summed E-state index contributed by atoms with van der Waals surface area (Å²) in [5, 5.41) is 7.28. The lowest BCUT2D eigenvalue weighted by Gasteiger charge is -2.35. The number of aromatic nitrogens is 4. The van der Waals surface area contributed by atoms with E-state index < -0.39 is 15.1 Å². The van der Waals surface area contributed by atoms with Gasteiger partial charge in [0.2, 0.25) is 0 Å². The molecule has 0 atom stereocenters. The van der Waals surface area contributed by atoms with Crippen molar-refractivity contribution in [2.75, 3.05) is 13.1 Å². The number of carbonyl (C=O) groups is 1. The molecule has 31 heavy (non-hydrogen) atoms. The van der Waals surface area contributed by atoms with E-state index in [-0.39, 0.29) is 32.9 Å². The standard InChI is InChI=1S/C20H22N6O4S.3H2/c1-11(2)31(28,29)15-6-4-13(5-7-15)16-8-22-12(3)17(23-16)18-24-25-19(30-18)20(27)26-9-14(21)10-26;;;/h4-8,11,14H,9-10,21H2,1-3H3;3*1H. The van der Waals surface area contributed by atoms with Crippen molar-refractivity contribution in [2.45, 2.75) is 37.0 Å². The van der Waals surface area contributed by atoms with Gasteiger partial charge in [-0.15, -0.1) is 10.2 Å². The molecule has 1 amide bonds. The predicted molar refractivity (Wildman–Crippen MR) is 118 cm³/mol. The number of carbonyl (C=O) groups excluding carboxylic acids is 1. The number of sulfone groups is 1. The normalized spacial score (nSPS) is 14.7. The number of hydrogen-bond acceptors (Lipinski definition) is 9. The van der Waals surface area contributed by atoms with E-state index in [0.29, 0.717) is 35.7 Å². The highest BCUT2D eigenvalue weighted by Crippen LogP contribution is 2.26. The molecular weight excluding hydrogens is 420 g/mol. The summed E-state index contributed by atoms with van der Waals surface area (Å²) in [6.45, 7) is 5.92. The SMILES string of the molecule is Cc1ncc(-c2ccc(S(=O)(=O)C(C)C)cc2)nc1-c1nnc(C(=O)N2CC(N)C2)o1.[HH].[HH].[HH]. The van der Waals surface area contributed by atoms with Crippen molar-refractivity contribution in [2.24, 2.45) is 5.73 Å². The van der Waals surface area contributed by atoms with E-state index >= 15 is 0 Å². The van der Waals surface area contributed by atoms with Crippen LogP contribution in [0, 0.1) is 6.92 Å². The van der Waals surface area contributed by atoms with Gasteiger partial charge in [0.25, 0.3) is 5.89 Å². The summed E-state index contributed by atoms with van der Waals surface area (Å²) in [6, 6.07) is 6.42. The van der Waals surface area contributed by atoms with Crippen molar-refractivity contribution >= 4 is 15.7 Å². The average molecular weight is 449 g/mol. The summed E-state index contributed by atoms with van der Waals surface area (Å²) in [7, 11) is -3.36. The van der Waals surface area contributed by atoms with Crippen LogP contribution in [-0.2, 0) is 9.84 Å². The van der Waals surface area contributed by atoms with Gasteiger partial charge in [0.1, 0.15) is 5.69 Å². The Morgan fingerprint density at radius 2 is 1.90 bits per heavy atom. The van der Waals surface area contributed by atoms with Gasteiger partial charge in [-0.2, -0.15) is 0 Å². The van der Waals surface area contributed by atoms with E-state index in [1.54, 1.807) is 51.2 Å². The van der Waals surface area contributed by atoms with E-state index in [9.17, 15) is 13.2 Å². The fourth-order valence-corrected chi connectivity index (χ4v) is 4.16. The van der Waals surface area contributed by atoms with E-state index in [2.05, 4.69) is 20.2 Å². The number of rotatable bonds is 5. The zero-order valence-electron chi connectivity index (χ0n) is 17.3. The molecule has 2 aromatic heterocycles. The van der Waals surface area contributed by atoms with Crippen molar-refractivity contribution in [1.29, 1.82) is 0 Å². The number of hydrogen-bond donors (Lipinski definition) is 1. The van der Waals surface area contributed by atoms with Crippen molar-refractivity contribution in [3.8, 4) is 22.8 Å². The second kappa shape index (κ2) is 7.82. The number of likely N-dealkylation sites (tertiary alicyclic amines) is 1. The van der Waals surface area contributed by atoms with Crippen molar-refractivity contribution in [3.63, 3.8) is 0 Å². The molecule has 1 aliphatic rings. The molecule has 0 spiro atoms. The Bertz CT molecular complexity index is 1250. The molecule has 0 saturated carbocycles. The second-order valence-electron chi connectivity index (χ2n) is 7.69. The Morgan fingerprint density at radius 3 is 2.52 bits per heavy atom. The topological polar surface area (TPSA) is 145 Å². The van der Waals surface area contributed by atoms with Gasteiger partial charge < -0.3 is 15.1 Å². The van der Waals surface area contributed by atoms with Gasteiger partial charge in [0, 0.05) is 29.0 Å². The molecular formula is C20H28N6O4S. The molecule has 3 heterocycles. The number of amides is 1. The summed E-state index contributed by atoms with van der Waals surface area (Å²) < 4.78 is 30.2. The van der Waals surface area contributed by atoms with Crippen LogP contribution < -0.4 is 5.73 Å². The highest BCUT2D eigenvalue weighted by atomic mass is 32.2. The third kappa shape index (κ3) is 3.93. The molecule has 1 fully saturated rings. The predicted octanol–water partition coefficient (Wildman–Crippen LogP) is 2.21. The lowest BCUT2D eigenvalue weighted by atomic mass is 10.1. The highest BCUT2D eigenvalue weighted by molar-refractivity contribution is 7.92. The maximum absolute atomic E-state index is 12.3. The minimum atomic E-state index is -3.36. The zero-order chi connectivity index (χ0) is 22.3. The van der Waals surface area contributed by atoms with Crippen LogP contribution in [0.1, 0.15) is 34.5 Å². The average Bonchev–Trinajstić information content (AvgIpc) is 3.21. The van der Waals surface area contributed by atoms with E-state index in [0.717, 1.165) is 0 Å². The number of nitrogens with zero attached hydrogens (tertiary/aromatic N) is 5. The Morgan fingerprint density at radius 1 is 1.23 bits per heavy atom. The molecule has 11 heteroatoms. The number of nitrogens with two attached hydrogens (primary N) is 1. The Labute approximate surface area is 183 Å². The summed E-state index contributed by atoms with van der Waals surface area (Å²) in [4.78, 5) is 23.0. The first kappa shape index (κ1) is 21.1. The van der Waals surface area contributed by atoms with Crippen LogP contribution in [0.5, 0.6) is 0 Å². The molecule has 3 aromatic rings. The lowest BCUT2D eigenvalue weighted by Crippen LogP contribution is -2.57. The maximum Gasteiger partial charge on any atom is 0.311 e. The van der Waals surface area contributed by atoms with Crippen molar-refractivity contribution < 1.29 is 21.9 Å². The van der Waals surface area contributed by atoms with Gasteiger partial charge in [0.05, 0.1) is 27.7 Å². The molecule has 10 nitrogen and oxygen atoms in total. The van der Waals surface area contributed by atoms with E-state index in [1.165, 1.54) is 4.90 Å². The van der Waals surface area contributed by atoms with Crippen LogP contribution in [0.2, 0.25) is 0 Å². The summed E-state index contributed by atoms with van der Waals surface area (Å²) >= 11 is 0. The molecule has 4 rings (SSSR count). The van der Waals surface area contributed by atoms with Gasteiger partial charge in [-0.05, 0) is 32.9 Å². The second-order valence-corrected chi connectivity index (χ2v) is 10.2. The van der Waals surface area contributed by atoms with Crippen LogP contribution in [0.4, 0.5) is 0 Å². The third-order valence-corrected chi connectivity index (χ3v) is 7.23. The van der Waals surface area contributed by atoms with Crippen LogP contribution in [0.3, 0.4) is 0 Å². The van der Waals surface area contributed by atoms with E-state index in [4.69, 9.17) is 10.2 Å². The Balaban J connectivity index is 0.00000193. The lowest BCUT2D eigenvalue weighted by molar-refractivity contribution is 0.0567. The molecule has 0 bridgehead atoms. The molecule has 1 aliphatic heterocycles. The smallest absolute Gasteiger partial charge is 0.311 e. The van der Waals surface area contributed by atoms with Gasteiger partial charge >= 0.3 is 11.8 Å². The minimum absolute atomic E-state index is 0. The Hall–Kier alpha value is -3.18. The van der Waals surface area contributed by atoms with Crippen LogP contribution in [0.25, 0.3) is 22.8 Å². The first-order valence-corrected chi connectivity index (χ1v) is 11.3. The Kier molecular flexibility index (Phi) is 5.31. The fourth-order valence-electron chi connectivity index (χ4n) is 3.10. The first-order chi connectivity index (χ1) is 14.7. The maximum atomic E-state index is 12.3. The largest absolute Gasteiger partial charge is 0.411 e. The molecule has 2 N–H and O–H groups in total. The summed E-state index contributed by atoms with van der Waals surface area (Å²) in [5.41, 5.74) is 7.80. The summed E-state index contributed by atoms with van der Waals surface area (Å²) in [6.07, 6.45) is 1.58. The minimum Gasteiger partial charge on any atom is -0.411 e. The van der Waals surface area contributed by atoms with Gasteiger partial charge in [-0.25, -0.2) is 13.4 Å². The summed E-state index contributed by atoms with van der Waals surface area (Å²) in [5.74, 6) is -0.417. The van der Waals surface area contributed by atoms with Crippen molar-refractivity contribution in [1.82, 2.24) is 25.1 Å². The van der Waals surface area contributed by atoms with Crippen LogP contribution in [-0.4, -0.2) is 63.8 Å². The monoisotopic (exact) mass is 448 g/mol. The fraction of sp³-hybridized carbons (Fsp3) is 0.350. The molecule has 1 saturated heterocycles. The first-order valence-electron chi connectivity index (χ1n) is 9.73. The van der Waals surface area contributed by atoms with Gasteiger partial charge in [0.15, 0.2) is 9.84 Å². The number of aryl methyl sites for hydroxylation is 1. The van der Waals surface area contributed by atoms with Gasteiger partial charge in [-0.1, -0.05) is 12.1 Å². The third-order valence-electron chi connectivity index (χ3n) is 5.06. The molecule has 1 aromatic carbocycles.